The lowest BCUT2D eigenvalue weighted by Crippen LogP contribution is -2.45. The molecule has 296 valence electrons. The quantitative estimate of drug-likeness (QED) is 0.0711. The number of carbonyl (C=O) groups is 2. The molecule has 0 radical (unpaired) electrons. The maximum absolute atomic E-state index is 15.2. The molecular formula is C43H53FN2O8S. The standard InChI is InChI=1S/C43H53FN2O8S/c1-29(2)46-36(24-23-34-25-35(53-43(6,7)52-34)26-37(47)54-42(3,4)5)38(32-19-21-33(44)22-20-32)39(31-17-13-10-14-18-31)40(46)41(48)45(28-51-55(8,49)50)27-30-15-11-9-12-16-30/h9-22,29,34-35H,23-28H2,1-8H3. The van der Waals surface area contributed by atoms with Crippen LogP contribution in [0.1, 0.15) is 95.5 Å². The maximum atomic E-state index is 15.2. The minimum absolute atomic E-state index is 0.0768. The predicted octanol–water partition coefficient (Wildman–Crippen LogP) is 8.69. The lowest BCUT2D eigenvalue weighted by Gasteiger charge is -2.41. The summed E-state index contributed by atoms with van der Waals surface area (Å²) in [6.07, 6.45) is 1.67. The Morgan fingerprint density at radius 2 is 1.49 bits per heavy atom. The normalized spacial score (nSPS) is 17.3. The first kappa shape index (κ1) is 41.8. The number of hydrogen-bond donors (Lipinski definition) is 0. The van der Waals surface area contributed by atoms with Crippen LogP contribution in [0.3, 0.4) is 0 Å². The van der Waals surface area contributed by atoms with E-state index in [-0.39, 0.29) is 31.1 Å². The van der Waals surface area contributed by atoms with Gasteiger partial charge in [-0.15, -0.1) is 0 Å². The van der Waals surface area contributed by atoms with Gasteiger partial charge in [-0.3, -0.25) is 9.59 Å². The number of halogens is 1. The second-order valence-electron chi connectivity index (χ2n) is 15.8. The SMILES string of the molecule is CC(C)n1c(CCC2CC(CC(=O)OC(C)(C)C)OC(C)(C)O2)c(-c2ccc(F)cc2)c(-c2ccccc2)c1C(=O)N(COS(C)(=O)=O)Cc1ccccc1. The van der Waals surface area contributed by atoms with E-state index < -0.39 is 46.1 Å². The van der Waals surface area contributed by atoms with Gasteiger partial charge in [0.25, 0.3) is 16.0 Å². The molecule has 1 amide bonds. The van der Waals surface area contributed by atoms with Gasteiger partial charge in [-0.25, -0.2) is 8.57 Å². The molecule has 1 aliphatic heterocycles. The first-order valence-electron chi connectivity index (χ1n) is 18.6. The first-order chi connectivity index (χ1) is 25.8. The van der Waals surface area contributed by atoms with Gasteiger partial charge >= 0.3 is 5.97 Å². The van der Waals surface area contributed by atoms with Crippen molar-refractivity contribution in [2.45, 2.75) is 110 Å². The Kier molecular flexibility index (Phi) is 13.1. The summed E-state index contributed by atoms with van der Waals surface area (Å²) in [4.78, 5) is 29.4. The highest BCUT2D eigenvalue weighted by Crippen LogP contribution is 2.44. The molecule has 4 aromatic rings. The minimum atomic E-state index is -3.91. The van der Waals surface area contributed by atoms with Gasteiger partial charge in [0.2, 0.25) is 0 Å². The van der Waals surface area contributed by atoms with Crippen LogP contribution in [0.25, 0.3) is 22.3 Å². The van der Waals surface area contributed by atoms with Crippen LogP contribution in [-0.4, -0.2) is 66.3 Å². The summed E-state index contributed by atoms with van der Waals surface area (Å²) < 4.78 is 64.4. The van der Waals surface area contributed by atoms with E-state index in [0.717, 1.165) is 28.6 Å². The first-order valence-corrected chi connectivity index (χ1v) is 20.5. The fourth-order valence-electron chi connectivity index (χ4n) is 7.15. The van der Waals surface area contributed by atoms with Crippen molar-refractivity contribution in [3.8, 4) is 22.3 Å². The Morgan fingerprint density at radius 1 is 0.909 bits per heavy atom. The maximum Gasteiger partial charge on any atom is 0.308 e. The van der Waals surface area contributed by atoms with Crippen molar-refractivity contribution in [2.24, 2.45) is 0 Å². The third-order valence-corrected chi connectivity index (χ3v) is 9.63. The number of ether oxygens (including phenoxy) is 3. The highest BCUT2D eigenvalue weighted by Gasteiger charge is 2.38. The summed E-state index contributed by atoms with van der Waals surface area (Å²) >= 11 is 0. The number of nitrogens with zero attached hydrogens (tertiary/aromatic N) is 2. The van der Waals surface area contributed by atoms with Gasteiger partial charge in [-0.1, -0.05) is 72.8 Å². The molecule has 1 fully saturated rings. The smallest absolute Gasteiger partial charge is 0.308 e. The molecule has 1 aromatic heterocycles. The van der Waals surface area contributed by atoms with E-state index in [2.05, 4.69) is 0 Å². The molecule has 2 atom stereocenters. The number of esters is 1. The fraction of sp³-hybridized carbons (Fsp3) is 0.442. The summed E-state index contributed by atoms with van der Waals surface area (Å²) in [6, 6.07) is 24.8. The zero-order valence-electron chi connectivity index (χ0n) is 33.0. The van der Waals surface area contributed by atoms with Crippen LogP contribution < -0.4 is 0 Å². The summed E-state index contributed by atoms with van der Waals surface area (Å²) in [5.74, 6) is -2.15. The van der Waals surface area contributed by atoms with Crippen LogP contribution in [0, 0.1) is 5.82 Å². The lowest BCUT2D eigenvalue weighted by atomic mass is 9.92. The Labute approximate surface area is 324 Å². The van der Waals surface area contributed by atoms with Gasteiger partial charge in [0.1, 0.15) is 23.8 Å². The molecule has 1 saturated heterocycles. The van der Waals surface area contributed by atoms with Crippen molar-refractivity contribution < 1.29 is 40.8 Å². The van der Waals surface area contributed by atoms with Crippen molar-refractivity contribution in [3.63, 3.8) is 0 Å². The highest BCUT2D eigenvalue weighted by molar-refractivity contribution is 7.85. The van der Waals surface area contributed by atoms with Crippen molar-refractivity contribution in [3.05, 3.63) is 108 Å². The van der Waals surface area contributed by atoms with Crippen LogP contribution in [0.2, 0.25) is 0 Å². The van der Waals surface area contributed by atoms with Gasteiger partial charge in [0, 0.05) is 35.8 Å². The van der Waals surface area contributed by atoms with Gasteiger partial charge in [-0.2, -0.15) is 8.42 Å². The Bertz CT molecular complexity index is 2040. The zero-order valence-corrected chi connectivity index (χ0v) is 33.8. The van der Waals surface area contributed by atoms with E-state index in [1.165, 1.54) is 17.0 Å². The fourth-order valence-corrected chi connectivity index (χ4v) is 7.47. The van der Waals surface area contributed by atoms with Crippen molar-refractivity contribution in [1.82, 2.24) is 9.47 Å². The van der Waals surface area contributed by atoms with Gasteiger partial charge < -0.3 is 23.7 Å². The number of carbonyl (C=O) groups excluding carboxylic acids is 2. The molecule has 12 heteroatoms. The van der Waals surface area contributed by atoms with E-state index in [1.807, 2.05) is 114 Å². The monoisotopic (exact) mass is 776 g/mol. The number of aromatic nitrogens is 1. The van der Waals surface area contributed by atoms with Crippen molar-refractivity contribution in [1.29, 1.82) is 0 Å². The summed E-state index contributed by atoms with van der Waals surface area (Å²) in [5.41, 5.74) is 4.19. The van der Waals surface area contributed by atoms with Crippen LogP contribution in [0.15, 0.2) is 84.9 Å². The third kappa shape index (κ3) is 11.3. The molecule has 0 bridgehead atoms. The Morgan fingerprint density at radius 3 is 2.07 bits per heavy atom. The Hall–Kier alpha value is -4.36. The number of benzene rings is 3. The van der Waals surface area contributed by atoms with E-state index in [9.17, 15) is 17.6 Å². The van der Waals surface area contributed by atoms with E-state index in [1.54, 1.807) is 12.1 Å². The zero-order chi connectivity index (χ0) is 40.1. The summed E-state index contributed by atoms with van der Waals surface area (Å²) in [6.45, 7) is 12.7. The predicted molar refractivity (Wildman–Crippen MR) is 210 cm³/mol. The number of hydrogen-bond acceptors (Lipinski definition) is 8. The van der Waals surface area contributed by atoms with Gasteiger partial charge in [-0.05, 0) is 90.1 Å². The average molecular weight is 777 g/mol. The molecule has 1 aliphatic rings. The molecule has 3 aromatic carbocycles. The molecule has 0 aliphatic carbocycles. The molecule has 5 rings (SSSR count). The number of amides is 1. The van der Waals surface area contributed by atoms with Crippen LogP contribution in [0.5, 0.6) is 0 Å². The molecule has 2 unspecified atom stereocenters. The Balaban J connectivity index is 1.65. The minimum Gasteiger partial charge on any atom is -0.460 e. The topological polar surface area (TPSA) is 113 Å². The molecule has 2 heterocycles. The van der Waals surface area contributed by atoms with Crippen LogP contribution in [0.4, 0.5) is 4.39 Å². The van der Waals surface area contributed by atoms with Crippen LogP contribution >= 0.6 is 0 Å². The van der Waals surface area contributed by atoms with Crippen molar-refractivity contribution in [2.75, 3.05) is 13.0 Å². The van der Waals surface area contributed by atoms with E-state index in [4.69, 9.17) is 18.4 Å². The number of rotatable bonds is 14. The van der Waals surface area contributed by atoms with Gasteiger partial charge in [0.05, 0.1) is 24.9 Å². The second-order valence-corrected chi connectivity index (χ2v) is 17.4. The molecule has 10 nitrogen and oxygen atoms in total. The highest BCUT2D eigenvalue weighted by atomic mass is 32.2. The third-order valence-electron chi connectivity index (χ3n) is 9.09. The summed E-state index contributed by atoms with van der Waals surface area (Å²) in [7, 11) is -3.91. The second kappa shape index (κ2) is 17.2. The largest absolute Gasteiger partial charge is 0.460 e. The summed E-state index contributed by atoms with van der Waals surface area (Å²) in [5, 5.41) is 0. The molecule has 0 spiro atoms. The van der Waals surface area contributed by atoms with Crippen LogP contribution in [-0.2, 0) is 46.3 Å². The molecule has 0 N–H and O–H groups in total. The molecule has 55 heavy (non-hydrogen) atoms. The van der Waals surface area contributed by atoms with E-state index >= 15 is 4.79 Å². The van der Waals surface area contributed by atoms with E-state index in [0.29, 0.717) is 36.1 Å². The van der Waals surface area contributed by atoms with Crippen molar-refractivity contribution >= 4 is 22.0 Å². The van der Waals surface area contributed by atoms with Gasteiger partial charge in [0.15, 0.2) is 5.79 Å². The molecular weight excluding hydrogens is 724 g/mol. The molecule has 0 saturated carbocycles. The average Bonchev–Trinajstić information content (AvgIpc) is 3.43. The lowest BCUT2D eigenvalue weighted by molar-refractivity contribution is -0.300.